The Bertz CT molecular complexity index is 1300. The van der Waals surface area contributed by atoms with Gasteiger partial charge in [-0.05, 0) is 54.6 Å². The molecule has 10 heteroatoms. The summed E-state index contributed by atoms with van der Waals surface area (Å²) in [6.07, 6.45) is -4.77. The summed E-state index contributed by atoms with van der Waals surface area (Å²) in [5.41, 5.74) is 0.845. The van der Waals surface area contributed by atoms with Gasteiger partial charge in [-0.2, -0.15) is 13.2 Å². The summed E-state index contributed by atoms with van der Waals surface area (Å²) in [5.74, 6) is 0.359. The van der Waals surface area contributed by atoms with Crippen molar-refractivity contribution in [1.82, 2.24) is 4.98 Å². The minimum Gasteiger partial charge on any atom is -0.436 e. The number of anilines is 1. The maximum absolute atomic E-state index is 13.0. The van der Waals surface area contributed by atoms with Crippen LogP contribution in [0.5, 0.6) is 0 Å². The predicted octanol–water partition coefficient (Wildman–Crippen LogP) is 5.97. The van der Waals surface area contributed by atoms with Gasteiger partial charge in [-0.3, -0.25) is 4.72 Å². The summed E-state index contributed by atoms with van der Waals surface area (Å²) >= 11 is 5.55. The van der Waals surface area contributed by atoms with Crippen LogP contribution in [-0.2, 0) is 16.2 Å². The largest absolute Gasteiger partial charge is 0.436 e. The normalized spacial score (nSPS) is 12.3. The Morgan fingerprint density at radius 3 is 2.33 bits per heavy atom. The lowest BCUT2D eigenvalue weighted by Crippen LogP contribution is -2.15. The van der Waals surface area contributed by atoms with Crippen molar-refractivity contribution in [2.24, 2.45) is 0 Å². The van der Waals surface area contributed by atoms with Gasteiger partial charge in [-0.15, -0.1) is 0 Å². The van der Waals surface area contributed by atoms with Crippen molar-refractivity contribution in [3.63, 3.8) is 0 Å². The molecular formula is C20H12ClF3N2O3S. The van der Waals surface area contributed by atoms with Gasteiger partial charge in [0, 0.05) is 11.3 Å². The number of nitrogens with one attached hydrogen (secondary N) is 1. The second-order valence-electron chi connectivity index (χ2n) is 6.31. The maximum atomic E-state index is 13.0. The van der Waals surface area contributed by atoms with Gasteiger partial charge in [-0.25, -0.2) is 13.4 Å². The van der Waals surface area contributed by atoms with E-state index in [1.807, 2.05) is 12.1 Å². The first-order chi connectivity index (χ1) is 14.1. The van der Waals surface area contributed by atoms with Gasteiger partial charge in [0.1, 0.15) is 5.52 Å². The second-order valence-corrected chi connectivity index (χ2v) is 8.40. The van der Waals surface area contributed by atoms with Gasteiger partial charge in [-0.1, -0.05) is 23.7 Å². The SMILES string of the molecule is O=S(=O)(Nc1ccc(-c2nc3ccccc3o2)cc1)c1ccc(Cl)c(C(F)(F)F)c1. The third-order valence-corrected chi connectivity index (χ3v) is 5.94. The number of nitrogens with zero attached hydrogens (tertiary/aromatic N) is 1. The van der Waals surface area contributed by atoms with Crippen LogP contribution < -0.4 is 4.72 Å². The van der Waals surface area contributed by atoms with E-state index in [9.17, 15) is 21.6 Å². The molecule has 0 aliphatic carbocycles. The van der Waals surface area contributed by atoms with Gasteiger partial charge in [0.2, 0.25) is 5.89 Å². The van der Waals surface area contributed by atoms with Crippen molar-refractivity contribution in [2.45, 2.75) is 11.1 Å². The highest BCUT2D eigenvalue weighted by molar-refractivity contribution is 7.92. The number of para-hydroxylation sites is 2. The number of hydrogen-bond acceptors (Lipinski definition) is 4. The number of oxazole rings is 1. The van der Waals surface area contributed by atoms with Gasteiger partial charge in [0.05, 0.1) is 15.5 Å². The van der Waals surface area contributed by atoms with Crippen molar-refractivity contribution in [1.29, 1.82) is 0 Å². The molecule has 0 spiro atoms. The molecule has 0 saturated heterocycles. The van der Waals surface area contributed by atoms with Crippen LogP contribution in [-0.4, -0.2) is 13.4 Å². The van der Waals surface area contributed by atoms with Crippen LogP contribution in [0.15, 0.2) is 76.0 Å². The van der Waals surface area contributed by atoms with Crippen LogP contribution in [0.3, 0.4) is 0 Å². The number of benzene rings is 3. The average molecular weight is 453 g/mol. The lowest BCUT2D eigenvalue weighted by molar-refractivity contribution is -0.137. The molecule has 4 aromatic rings. The number of sulfonamides is 1. The molecule has 30 heavy (non-hydrogen) atoms. The van der Waals surface area contributed by atoms with Crippen LogP contribution in [0.2, 0.25) is 5.02 Å². The number of hydrogen-bond donors (Lipinski definition) is 1. The van der Waals surface area contributed by atoms with E-state index in [0.717, 1.165) is 12.1 Å². The topological polar surface area (TPSA) is 72.2 Å². The molecule has 5 nitrogen and oxygen atoms in total. The van der Waals surface area contributed by atoms with Crippen LogP contribution in [0.1, 0.15) is 5.56 Å². The molecule has 0 amide bonds. The summed E-state index contributed by atoms with van der Waals surface area (Å²) in [6, 6.07) is 15.7. The summed E-state index contributed by atoms with van der Waals surface area (Å²) in [7, 11) is -4.26. The molecule has 0 bridgehead atoms. The van der Waals surface area contributed by atoms with Crippen molar-refractivity contribution in [3.05, 3.63) is 77.3 Å². The molecule has 0 saturated carbocycles. The first-order valence-electron chi connectivity index (χ1n) is 8.49. The van der Waals surface area contributed by atoms with E-state index in [0.29, 0.717) is 28.6 Å². The number of fused-ring (bicyclic) bond motifs is 1. The Morgan fingerprint density at radius 1 is 0.967 bits per heavy atom. The zero-order chi connectivity index (χ0) is 21.5. The Balaban J connectivity index is 1.60. The highest BCUT2D eigenvalue weighted by Crippen LogP contribution is 2.36. The maximum Gasteiger partial charge on any atom is 0.417 e. The monoisotopic (exact) mass is 452 g/mol. The summed E-state index contributed by atoms with van der Waals surface area (Å²) < 4.78 is 72.0. The molecule has 1 aromatic heterocycles. The van der Waals surface area contributed by atoms with Crippen LogP contribution in [0.4, 0.5) is 18.9 Å². The first-order valence-corrected chi connectivity index (χ1v) is 10.4. The van der Waals surface area contributed by atoms with Crippen LogP contribution >= 0.6 is 11.6 Å². The highest BCUT2D eigenvalue weighted by Gasteiger charge is 2.34. The fourth-order valence-corrected chi connectivity index (χ4v) is 4.09. The predicted molar refractivity (Wildman–Crippen MR) is 107 cm³/mol. The van der Waals surface area contributed by atoms with Gasteiger partial charge in [0.25, 0.3) is 10.0 Å². The molecule has 0 aliphatic heterocycles. The van der Waals surface area contributed by atoms with E-state index in [4.69, 9.17) is 16.0 Å². The molecule has 0 atom stereocenters. The Morgan fingerprint density at radius 2 is 1.67 bits per heavy atom. The van der Waals surface area contributed by atoms with E-state index in [-0.39, 0.29) is 5.69 Å². The van der Waals surface area contributed by atoms with E-state index in [1.165, 1.54) is 12.1 Å². The third kappa shape index (κ3) is 3.99. The van der Waals surface area contributed by atoms with Gasteiger partial charge in [0.15, 0.2) is 5.58 Å². The van der Waals surface area contributed by atoms with E-state index >= 15 is 0 Å². The number of aromatic nitrogens is 1. The van der Waals surface area contributed by atoms with E-state index in [1.54, 1.807) is 24.3 Å². The Labute approximate surface area is 174 Å². The molecule has 3 aromatic carbocycles. The highest BCUT2D eigenvalue weighted by atomic mass is 35.5. The lowest BCUT2D eigenvalue weighted by Gasteiger charge is -2.12. The fourth-order valence-electron chi connectivity index (χ4n) is 2.78. The van der Waals surface area contributed by atoms with Crippen molar-refractivity contribution >= 4 is 38.4 Å². The van der Waals surface area contributed by atoms with Gasteiger partial charge >= 0.3 is 6.18 Å². The Hall–Kier alpha value is -3.04. The molecule has 1 heterocycles. The standard InChI is InChI=1S/C20H12ClF3N2O3S/c21-16-10-9-14(11-15(16)20(22,23)24)30(27,28)26-13-7-5-12(6-8-13)19-25-17-3-1-2-4-18(17)29-19/h1-11,26H. The number of rotatable bonds is 4. The number of alkyl halides is 3. The molecule has 4 rings (SSSR count). The summed E-state index contributed by atoms with van der Waals surface area (Å²) in [4.78, 5) is 3.80. The Kier molecular flexibility index (Phi) is 4.95. The molecule has 0 fully saturated rings. The summed E-state index contributed by atoms with van der Waals surface area (Å²) in [6.45, 7) is 0. The van der Waals surface area contributed by atoms with Crippen molar-refractivity contribution < 1.29 is 26.0 Å². The zero-order valence-corrected chi connectivity index (χ0v) is 16.5. The smallest absolute Gasteiger partial charge is 0.417 e. The molecule has 0 aliphatic rings. The lowest BCUT2D eigenvalue weighted by atomic mass is 10.2. The fraction of sp³-hybridized carbons (Fsp3) is 0.0500. The molecule has 154 valence electrons. The van der Waals surface area contributed by atoms with E-state index < -0.39 is 31.7 Å². The van der Waals surface area contributed by atoms with Crippen molar-refractivity contribution in [3.8, 4) is 11.5 Å². The molecule has 1 N–H and O–H groups in total. The third-order valence-electron chi connectivity index (χ3n) is 4.23. The second kappa shape index (κ2) is 7.33. The quantitative estimate of drug-likeness (QED) is 0.414. The van der Waals surface area contributed by atoms with Crippen LogP contribution in [0, 0.1) is 0 Å². The molecule has 0 radical (unpaired) electrons. The first kappa shape index (κ1) is 20.2. The minimum atomic E-state index is -4.77. The molecular weight excluding hydrogens is 441 g/mol. The number of halogens is 4. The molecule has 0 unspecified atom stereocenters. The van der Waals surface area contributed by atoms with Crippen LogP contribution in [0.25, 0.3) is 22.6 Å². The van der Waals surface area contributed by atoms with E-state index in [2.05, 4.69) is 9.71 Å². The van der Waals surface area contributed by atoms with Gasteiger partial charge < -0.3 is 4.42 Å². The van der Waals surface area contributed by atoms with Crippen molar-refractivity contribution in [2.75, 3.05) is 4.72 Å². The summed E-state index contributed by atoms with van der Waals surface area (Å²) in [5, 5.41) is -0.580. The minimum absolute atomic E-state index is 0.165. The zero-order valence-electron chi connectivity index (χ0n) is 14.9. The average Bonchev–Trinajstić information content (AvgIpc) is 3.11.